The van der Waals surface area contributed by atoms with Crippen LogP contribution in [-0.2, 0) is 29.5 Å². The zero-order chi connectivity index (χ0) is 13.2. The first-order valence-corrected chi connectivity index (χ1v) is 5.36. The number of hydrogen-bond donors (Lipinski definition) is 2. The first-order valence-electron chi connectivity index (χ1n) is 5.36. The van der Waals surface area contributed by atoms with E-state index in [9.17, 15) is 9.59 Å². The average molecular weight is 239 g/mol. The van der Waals surface area contributed by atoms with Crippen LogP contribution in [0.15, 0.2) is 6.07 Å². The first-order chi connectivity index (χ1) is 7.81. The summed E-state index contributed by atoms with van der Waals surface area (Å²) in [5, 5.41) is 13.3. The van der Waals surface area contributed by atoms with Gasteiger partial charge in [0.2, 0.25) is 5.91 Å². The zero-order valence-corrected chi connectivity index (χ0v) is 10.2. The second kappa shape index (κ2) is 4.57. The molecule has 94 valence electrons. The van der Waals surface area contributed by atoms with Gasteiger partial charge in [-0.25, -0.2) is 0 Å². The number of carboxylic acid groups (broad SMARTS) is 1. The molecule has 1 atom stereocenters. The third kappa shape index (κ3) is 2.46. The smallest absolute Gasteiger partial charge is 0.319 e. The molecule has 0 aliphatic heterocycles. The molecule has 0 bridgehead atoms. The number of amides is 1. The van der Waals surface area contributed by atoms with Gasteiger partial charge in [0.25, 0.3) is 0 Å². The molecule has 6 nitrogen and oxygen atoms in total. The Balaban J connectivity index is 3.06. The van der Waals surface area contributed by atoms with Crippen molar-refractivity contribution in [3.63, 3.8) is 0 Å². The van der Waals surface area contributed by atoms with E-state index in [0.717, 1.165) is 12.1 Å². The average Bonchev–Trinajstić information content (AvgIpc) is 2.58. The third-order valence-electron chi connectivity index (χ3n) is 2.94. The molecule has 0 fully saturated rings. The highest BCUT2D eigenvalue weighted by Gasteiger charge is 2.40. The molecule has 0 saturated heterocycles. The summed E-state index contributed by atoms with van der Waals surface area (Å²) in [6.07, 6.45) is 0.801. The van der Waals surface area contributed by atoms with Crippen molar-refractivity contribution >= 4 is 11.9 Å². The van der Waals surface area contributed by atoms with E-state index in [1.807, 2.05) is 6.92 Å². The van der Waals surface area contributed by atoms with Gasteiger partial charge in [-0.2, -0.15) is 5.10 Å². The Morgan fingerprint density at radius 2 is 2.18 bits per heavy atom. The lowest BCUT2D eigenvalue weighted by Gasteiger charge is -2.20. The Kier molecular flexibility index (Phi) is 3.55. The van der Waals surface area contributed by atoms with Gasteiger partial charge in [-0.3, -0.25) is 14.3 Å². The van der Waals surface area contributed by atoms with E-state index in [1.54, 1.807) is 17.8 Å². The van der Waals surface area contributed by atoms with Crippen molar-refractivity contribution in [2.75, 3.05) is 0 Å². The summed E-state index contributed by atoms with van der Waals surface area (Å²) < 4.78 is 1.59. The third-order valence-corrected chi connectivity index (χ3v) is 2.94. The van der Waals surface area contributed by atoms with E-state index in [0.29, 0.717) is 5.69 Å². The number of hydrogen-bond acceptors (Lipinski definition) is 3. The van der Waals surface area contributed by atoms with Crippen LogP contribution in [0.2, 0.25) is 0 Å². The summed E-state index contributed by atoms with van der Waals surface area (Å²) in [4.78, 5) is 22.4. The van der Waals surface area contributed by atoms with Crippen LogP contribution in [0.1, 0.15) is 25.2 Å². The lowest BCUT2D eigenvalue weighted by Crippen LogP contribution is -2.43. The molecule has 0 aliphatic rings. The molecule has 6 heteroatoms. The number of carbonyl (C=O) groups excluding carboxylic acids is 1. The monoisotopic (exact) mass is 239 g/mol. The van der Waals surface area contributed by atoms with Crippen LogP contribution in [0.25, 0.3) is 0 Å². The van der Waals surface area contributed by atoms with Gasteiger partial charge >= 0.3 is 5.97 Å². The molecule has 1 heterocycles. The van der Waals surface area contributed by atoms with Gasteiger partial charge in [0.05, 0.1) is 5.69 Å². The van der Waals surface area contributed by atoms with E-state index < -0.39 is 17.3 Å². The standard InChI is InChI=1S/C11H17N3O3/c1-4-7-5-8(14(3)13-7)6-11(2,9(12)15)10(16)17/h5H,4,6H2,1-3H3,(H2,12,15)(H,16,17). The molecule has 17 heavy (non-hydrogen) atoms. The second-order valence-electron chi connectivity index (χ2n) is 4.28. The van der Waals surface area contributed by atoms with Crippen molar-refractivity contribution in [2.45, 2.75) is 26.7 Å². The molecule has 0 radical (unpaired) electrons. The van der Waals surface area contributed by atoms with E-state index in [1.165, 1.54) is 6.92 Å². The van der Waals surface area contributed by atoms with Crippen LogP contribution < -0.4 is 5.73 Å². The predicted molar refractivity (Wildman–Crippen MR) is 61.2 cm³/mol. The molecule has 1 aromatic heterocycles. The molecule has 0 spiro atoms. The van der Waals surface area contributed by atoms with Crippen LogP contribution in [0.5, 0.6) is 0 Å². The van der Waals surface area contributed by atoms with E-state index in [-0.39, 0.29) is 6.42 Å². The van der Waals surface area contributed by atoms with Crippen molar-refractivity contribution < 1.29 is 14.7 Å². The minimum atomic E-state index is -1.60. The summed E-state index contributed by atoms with van der Waals surface area (Å²) in [7, 11) is 1.72. The summed E-state index contributed by atoms with van der Waals surface area (Å²) in [6.45, 7) is 3.28. The van der Waals surface area contributed by atoms with Crippen molar-refractivity contribution in [1.29, 1.82) is 0 Å². The molecule has 1 aromatic rings. The molecule has 1 amide bonds. The van der Waals surface area contributed by atoms with Crippen LogP contribution >= 0.6 is 0 Å². The quantitative estimate of drug-likeness (QED) is 0.712. The Hall–Kier alpha value is -1.85. The van der Waals surface area contributed by atoms with Gasteiger partial charge in [-0.15, -0.1) is 0 Å². The highest BCUT2D eigenvalue weighted by molar-refractivity contribution is 6.00. The number of carbonyl (C=O) groups is 2. The number of nitrogens with two attached hydrogens (primary N) is 1. The minimum Gasteiger partial charge on any atom is -0.480 e. The van der Waals surface area contributed by atoms with Gasteiger partial charge in [0.15, 0.2) is 0 Å². The molecule has 1 unspecified atom stereocenters. The lowest BCUT2D eigenvalue weighted by molar-refractivity contribution is -0.153. The van der Waals surface area contributed by atoms with Crippen molar-refractivity contribution in [3.8, 4) is 0 Å². The maximum Gasteiger partial charge on any atom is 0.319 e. The fourth-order valence-electron chi connectivity index (χ4n) is 1.54. The highest BCUT2D eigenvalue weighted by Crippen LogP contribution is 2.23. The topological polar surface area (TPSA) is 98.2 Å². The van der Waals surface area contributed by atoms with Gasteiger partial charge in [-0.05, 0) is 19.4 Å². The van der Waals surface area contributed by atoms with Crippen LogP contribution in [0.3, 0.4) is 0 Å². The summed E-state index contributed by atoms with van der Waals surface area (Å²) in [6, 6.07) is 1.80. The summed E-state index contributed by atoms with van der Waals surface area (Å²) >= 11 is 0. The summed E-state index contributed by atoms with van der Waals surface area (Å²) in [5.74, 6) is -2.06. The lowest BCUT2D eigenvalue weighted by atomic mass is 9.84. The fraction of sp³-hybridized carbons (Fsp3) is 0.545. The van der Waals surface area contributed by atoms with Gasteiger partial charge in [-0.1, -0.05) is 6.92 Å². The SMILES string of the molecule is CCc1cc(CC(C)(C(N)=O)C(=O)O)n(C)n1. The normalized spacial score (nSPS) is 14.3. The number of aliphatic carboxylic acids is 1. The highest BCUT2D eigenvalue weighted by atomic mass is 16.4. The maximum atomic E-state index is 11.3. The predicted octanol–water partition coefficient (Wildman–Crippen LogP) is 0.101. The molecular formula is C11H17N3O3. The molecular weight excluding hydrogens is 222 g/mol. The van der Waals surface area contributed by atoms with E-state index in [2.05, 4.69) is 5.10 Å². The molecule has 3 N–H and O–H groups in total. The Morgan fingerprint density at radius 3 is 2.53 bits per heavy atom. The van der Waals surface area contributed by atoms with Gasteiger partial charge in [0.1, 0.15) is 5.41 Å². The number of carboxylic acids is 1. The Bertz CT molecular complexity index is 437. The largest absolute Gasteiger partial charge is 0.480 e. The molecule has 0 aliphatic carbocycles. The van der Waals surface area contributed by atoms with Crippen molar-refractivity contribution in [2.24, 2.45) is 18.2 Å². The van der Waals surface area contributed by atoms with Crippen LogP contribution in [-0.4, -0.2) is 26.8 Å². The maximum absolute atomic E-state index is 11.3. The van der Waals surface area contributed by atoms with E-state index >= 15 is 0 Å². The van der Waals surface area contributed by atoms with Gasteiger partial charge in [0, 0.05) is 19.2 Å². The first kappa shape index (κ1) is 13.2. The van der Waals surface area contributed by atoms with Crippen LogP contribution in [0, 0.1) is 5.41 Å². The second-order valence-corrected chi connectivity index (χ2v) is 4.28. The van der Waals surface area contributed by atoms with Crippen LogP contribution in [0.4, 0.5) is 0 Å². The zero-order valence-electron chi connectivity index (χ0n) is 10.2. The van der Waals surface area contributed by atoms with Crippen molar-refractivity contribution in [3.05, 3.63) is 17.5 Å². The molecule has 1 rings (SSSR count). The number of nitrogens with zero attached hydrogens (tertiary/aromatic N) is 2. The number of rotatable bonds is 5. The summed E-state index contributed by atoms with van der Waals surface area (Å²) in [5.41, 5.74) is 5.11. The number of aromatic nitrogens is 2. The fourth-order valence-corrected chi connectivity index (χ4v) is 1.54. The number of aryl methyl sites for hydroxylation is 2. The Labute approximate surface area is 99.4 Å². The minimum absolute atomic E-state index is 0.0428. The van der Waals surface area contributed by atoms with E-state index in [4.69, 9.17) is 10.8 Å². The molecule has 0 saturated carbocycles. The van der Waals surface area contributed by atoms with Crippen molar-refractivity contribution in [1.82, 2.24) is 9.78 Å². The number of primary amides is 1. The van der Waals surface area contributed by atoms with Gasteiger partial charge < -0.3 is 10.8 Å². The Morgan fingerprint density at radius 1 is 1.59 bits per heavy atom. The molecule has 0 aromatic carbocycles.